The smallest absolute Gasteiger partial charge is 0.326 e. The third-order valence-corrected chi connectivity index (χ3v) is 2.22. The molecule has 0 aromatic carbocycles. The number of hydrogen-bond acceptors (Lipinski definition) is 4. The second-order valence-electron chi connectivity index (χ2n) is 3.57. The quantitative estimate of drug-likeness (QED) is 0.493. The maximum atomic E-state index is 11.8. The molecule has 0 rings (SSSR count). The van der Waals surface area contributed by atoms with Crippen LogP contribution < -0.4 is 5.32 Å². The predicted octanol–water partition coefficient (Wildman–Crippen LogP) is -0.334. The highest BCUT2D eigenvalue weighted by atomic mass is 16.5. The fraction of sp³-hybridized carbons (Fsp3) is 0.636. The van der Waals surface area contributed by atoms with Crippen LogP contribution in [0, 0.1) is 0 Å². The number of nitrogens with one attached hydrogen (secondary N) is 1. The molecule has 0 aromatic rings. The molecule has 0 aliphatic heterocycles. The number of nitrogens with zero attached hydrogens (tertiary/aromatic N) is 1. The number of aliphatic hydroxyl groups excluding tert-OH is 1. The highest BCUT2D eigenvalue weighted by Crippen LogP contribution is 1.97. The largest absolute Gasteiger partial charge is 0.480 e. The van der Waals surface area contributed by atoms with Crippen LogP contribution in [0.1, 0.15) is 6.42 Å². The summed E-state index contributed by atoms with van der Waals surface area (Å²) in [6.45, 7) is 3.95. The molecule has 0 fully saturated rings. The molecule has 0 saturated heterocycles. The standard InChI is InChI=1S/C11H20N2O5/c1-3-4-9(10(15)16)12-11(17)13(5-7-14)6-8-18-2/h3,9,14H,1,4-8H2,2H3,(H,12,17)(H,15,16). The summed E-state index contributed by atoms with van der Waals surface area (Å²) in [6.07, 6.45) is 1.56. The van der Waals surface area contributed by atoms with Crippen molar-refractivity contribution in [3.63, 3.8) is 0 Å². The average Bonchev–Trinajstić information content (AvgIpc) is 2.33. The Morgan fingerprint density at radius 3 is 2.61 bits per heavy atom. The molecule has 0 aromatic heterocycles. The molecular weight excluding hydrogens is 240 g/mol. The number of amides is 2. The van der Waals surface area contributed by atoms with Crippen LogP contribution in [-0.4, -0.2) is 66.6 Å². The van der Waals surface area contributed by atoms with E-state index in [1.807, 2.05) is 0 Å². The third kappa shape index (κ3) is 6.21. The number of ether oxygens (including phenoxy) is 1. The van der Waals surface area contributed by atoms with Gasteiger partial charge in [0, 0.05) is 20.2 Å². The number of carbonyl (C=O) groups excluding carboxylic acids is 1. The van der Waals surface area contributed by atoms with Gasteiger partial charge in [-0.2, -0.15) is 0 Å². The van der Waals surface area contributed by atoms with E-state index in [-0.39, 0.29) is 26.1 Å². The summed E-state index contributed by atoms with van der Waals surface area (Å²) < 4.78 is 4.83. The molecule has 18 heavy (non-hydrogen) atoms. The van der Waals surface area contributed by atoms with Crippen molar-refractivity contribution in [2.24, 2.45) is 0 Å². The first-order valence-electron chi connectivity index (χ1n) is 5.55. The van der Waals surface area contributed by atoms with Crippen LogP contribution >= 0.6 is 0 Å². The van der Waals surface area contributed by atoms with Gasteiger partial charge in [-0.25, -0.2) is 9.59 Å². The van der Waals surface area contributed by atoms with Crippen LogP contribution in [0.15, 0.2) is 12.7 Å². The molecule has 3 N–H and O–H groups in total. The minimum atomic E-state index is -1.13. The first kappa shape index (κ1) is 16.4. The number of rotatable bonds is 9. The molecule has 2 amide bonds. The van der Waals surface area contributed by atoms with Gasteiger partial charge in [-0.15, -0.1) is 6.58 Å². The number of carbonyl (C=O) groups is 2. The Hall–Kier alpha value is -1.60. The van der Waals surface area contributed by atoms with Crippen molar-refractivity contribution in [3.8, 4) is 0 Å². The summed E-state index contributed by atoms with van der Waals surface area (Å²) in [6, 6.07) is -1.56. The van der Waals surface area contributed by atoms with Gasteiger partial charge in [0.15, 0.2) is 0 Å². The summed E-state index contributed by atoms with van der Waals surface area (Å²) in [7, 11) is 1.49. The summed E-state index contributed by atoms with van der Waals surface area (Å²) in [4.78, 5) is 23.9. The van der Waals surface area contributed by atoms with Gasteiger partial charge in [-0.05, 0) is 6.42 Å². The Morgan fingerprint density at radius 2 is 2.17 bits per heavy atom. The van der Waals surface area contributed by atoms with Crippen molar-refractivity contribution in [2.75, 3.05) is 33.4 Å². The van der Waals surface area contributed by atoms with Gasteiger partial charge >= 0.3 is 12.0 Å². The summed E-state index contributed by atoms with van der Waals surface area (Å²) in [5, 5.41) is 20.1. The maximum absolute atomic E-state index is 11.8. The van der Waals surface area contributed by atoms with Crippen LogP contribution in [-0.2, 0) is 9.53 Å². The maximum Gasteiger partial charge on any atom is 0.326 e. The van der Waals surface area contributed by atoms with Crippen molar-refractivity contribution in [2.45, 2.75) is 12.5 Å². The Kier molecular flexibility index (Phi) is 8.59. The van der Waals surface area contributed by atoms with Gasteiger partial charge in [0.05, 0.1) is 13.2 Å². The predicted molar refractivity (Wildman–Crippen MR) is 65.3 cm³/mol. The average molecular weight is 260 g/mol. The molecule has 0 heterocycles. The second kappa shape index (κ2) is 9.43. The van der Waals surface area contributed by atoms with E-state index in [1.165, 1.54) is 18.1 Å². The molecule has 7 heteroatoms. The van der Waals surface area contributed by atoms with E-state index in [0.717, 1.165) is 0 Å². The highest BCUT2D eigenvalue weighted by Gasteiger charge is 2.21. The zero-order chi connectivity index (χ0) is 14.0. The van der Waals surface area contributed by atoms with Gasteiger partial charge in [0.2, 0.25) is 0 Å². The highest BCUT2D eigenvalue weighted by molar-refractivity contribution is 5.82. The van der Waals surface area contributed by atoms with E-state index in [1.54, 1.807) is 0 Å². The minimum absolute atomic E-state index is 0.121. The number of methoxy groups -OCH3 is 1. The summed E-state index contributed by atoms with van der Waals surface area (Å²) in [5.74, 6) is -1.13. The van der Waals surface area contributed by atoms with Gasteiger partial charge in [0.1, 0.15) is 6.04 Å². The van der Waals surface area contributed by atoms with Crippen LogP contribution in [0.4, 0.5) is 4.79 Å². The fourth-order valence-electron chi connectivity index (χ4n) is 1.27. The molecule has 0 aliphatic rings. The van der Waals surface area contributed by atoms with Gasteiger partial charge < -0.3 is 25.2 Å². The topological polar surface area (TPSA) is 99.1 Å². The van der Waals surface area contributed by atoms with Crippen molar-refractivity contribution in [1.82, 2.24) is 10.2 Å². The Balaban J connectivity index is 4.44. The SMILES string of the molecule is C=CCC(NC(=O)N(CCO)CCOC)C(=O)O. The molecule has 0 radical (unpaired) electrons. The van der Waals surface area contributed by atoms with Crippen LogP contribution in [0.5, 0.6) is 0 Å². The summed E-state index contributed by atoms with van der Waals surface area (Å²) in [5.41, 5.74) is 0. The molecule has 0 spiro atoms. The molecule has 1 unspecified atom stereocenters. The lowest BCUT2D eigenvalue weighted by molar-refractivity contribution is -0.139. The first-order chi connectivity index (χ1) is 8.56. The lowest BCUT2D eigenvalue weighted by Gasteiger charge is -2.23. The van der Waals surface area contributed by atoms with Crippen LogP contribution in [0.3, 0.4) is 0 Å². The Morgan fingerprint density at radius 1 is 1.50 bits per heavy atom. The van der Waals surface area contributed by atoms with Crippen molar-refractivity contribution < 1.29 is 24.5 Å². The number of aliphatic carboxylic acids is 1. The second-order valence-corrected chi connectivity index (χ2v) is 3.57. The molecule has 104 valence electrons. The van der Waals surface area contributed by atoms with E-state index in [0.29, 0.717) is 6.61 Å². The van der Waals surface area contributed by atoms with Crippen molar-refractivity contribution in [3.05, 3.63) is 12.7 Å². The molecule has 0 aliphatic carbocycles. The lowest BCUT2D eigenvalue weighted by Crippen LogP contribution is -2.49. The lowest BCUT2D eigenvalue weighted by atomic mass is 10.2. The number of hydrogen-bond donors (Lipinski definition) is 3. The van der Waals surface area contributed by atoms with Gasteiger partial charge in [-0.3, -0.25) is 0 Å². The Bertz CT molecular complexity index is 283. The zero-order valence-corrected chi connectivity index (χ0v) is 10.5. The van der Waals surface area contributed by atoms with E-state index in [9.17, 15) is 9.59 Å². The van der Waals surface area contributed by atoms with E-state index in [2.05, 4.69) is 11.9 Å². The molecule has 7 nitrogen and oxygen atoms in total. The molecule has 0 bridgehead atoms. The van der Waals surface area contributed by atoms with Crippen molar-refractivity contribution in [1.29, 1.82) is 0 Å². The van der Waals surface area contributed by atoms with E-state index < -0.39 is 18.0 Å². The number of carboxylic acid groups (broad SMARTS) is 1. The molecule has 0 saturated carbocycles. The van der Waals surface area contributed by atoms with Crippen molar-refractivity contribution >= 4 is 12.0 Å². The van der Waals surface area contributed by atoms with Gasteiger partial charge in [-0.1, -0.05) is 6.08 Å². The van der Waals surface area contributed by atoms with Gasteiger partial charge in [0.25, 0.3) is 0 Å². The van der Waals surface area contributed by atoms with Crippen LogP contribution in [0.25, 0.3) is 0 Å². The normalized spacial score (nSPS) is 11.7. The number of aliphatic hydroxyl groups is 1. The monoisotopic (exact) mass is 260 g/mol. The summed E-state index contributed by atoms with van der Waals surface area (Å²) >= 11 is 0. The Labute approximate surface area is 106 Å². The number of carboxylic acids is 1. The first-order valence-corrected chi connectivity index (χ1v) is 5.55. The third-order valence-electron chi connectivity index (χ3n) is 2.22. The fourth-order valence-corrected chi connectivity index (χ4v) is 1.27. The minimum Gasteiger partial charge on any atom is -0.480 e. The van der Waals surface area contributed by atoms with E-state index >= 15 is 0 Å². The van der Waals surface area contributed by atoms with Crippen LogP contribution in [0.2, 0.25) is 0 Å². The van der Waals surface area contributed by atoms with E-state index in [4.69, 9.17) is 14.9 Å². The zero-order valence-electron chi connectivity index (χ0n) is 10.5. The number of urea groups is 1. The molecule has 1 atom stereocenters. The molecular formula is C11H20N2O5.